The highest BCUT2D eigenvalue weighted by Gasteiger charge is 2.60. The number of carbonyl (C=O) groups excluding carboxylic acids is 3. The first-order chi connectivity index (χ1) is 18.4. The maximum atomic E-state index is 13.7. The predicted octanol–water partition coefficient (Wildman–Crippen LogP) is 3.30. The van der Waals surface area contributed by atoms with E-state index in [0.29, 0.717) is 22.8 Å². The number of benzene rings is 2. The van der Waals surface area contributed by atoms with Crippen molar-refractivity contribution in [3.63, 3.8) is 0 Å². The van der Waals surface area contributed by atoms with Gasteiger partial charge in [-0.05, 0) is 66.0 Å². The number of phenolic OH excluding ortho intramolecular Hbond substituents is 1. The van der Waals surface area contributed by atoms with Crippen molar-refractivity contribution >= 4 is 23.2 Å². The quantitative estimate of drug-likeness (QED) is 0.365. The number of aromatic hydroxyl groups is 1. The Morgan fingerprint density at radius 2 is 1.82 bits per heavy atom. The van der Waals surface area contributed by atoms with Gasteiger partial charge in [-0.2, -0.15) is 0 Å². The van der Waals surface area contributed by atoms with Crippen LogP contribution in [0.2, 0.25) is 0 Å². The van der Waals surface area contributed by atoms with Crippen LogP contribution in [-0.2, 0) is 27.2 Å². The van der Waals surface area contributed by atoms with E-state index in [4.69, 9.17) is 10.5 Å². The van der Waals surface area contributed by atoms with Crippen LogP contribution in [0, 0.1) is 17.8 Å². The molecule has 5 rings (SSSR count). The summed E-state index contributed by atoms with van der Waals surface area (Å²) in [6.45, 7) is 4.24. The summed E-state index contributed by atoms with van der Waals surface area (Å²) in [5.74, 6) is -5.49. The molecule has 39 heavy (non-hydrogen) atoms. The first-order valence-electron chi connectivity index (χ1n) is 12.9. The number of rotatable bonds is 5. The van der Waals surface area contributed by atoms with E-state index < -0.39 is 52.0 Å². The Labute approximate surface area is 225 Å². The molecule has 0 unspecified atom stereocenters. The van der Waals surface area contributed by atoms with Gasteiger partial charge in [0.2, 0.25) is 5.78 Å². The van der Waals surface area contributed by atoms with Crippen molar-refractivity contribution < 1.29 is 39.5 Å². The molecule has 0 saturated heterocycles. The SMILES string of the molecule is COc1ccc(CC(C)C)cc1-c1ccc(O)c2c1C[C@H]1C[C@H]3CC(=O)C(C(N)=O)=C(O)[C@@]3(O)C(=O)C1=C2O. The fraction of sp³-hybridized carbons (Fsp3) is 0.367. The lowest BCUT2D eigenvalue weighted by Crippen LogP contribution is -2.58. The summed E-state index contributed by atoms with van der Waals surface area (Å²) >= 11 is 0. The molecule has 0 bridgehead atoms. The Kier molecular flexibility index (Phi) is 6.30. The van der Waals surface area contributed by atoms with Gasteiger partial charge >= 0.3 is 0 Å². The minimum Gasteiger partial charge on any atom is -0.508 e. The molecule has 0 aliphatic heterocycles. The van der Waals surface area contributed by atoms with Gasteiger partial charge < -0.3 is 30.9 Å². The highest BCUT2D eigenvalue weighted by atomic mass is 16.5. The Morgan fingerprint density at radius 1 is 1.10 bits per heavy atom. The standard InChI is InChI=1S/C30H31NO8/c1-13(2)8-14-4-7-22(39-3)18(9-14)17-5-6-20(32)24-19(17)11-15-10-16-12-21(33)25(29(31)37)28(36)30(16,38)27(35)23(15)26(24)34/h4-7,9,13,15-16,32,34,36,38H,8,10-12H2,1-3H3,(H2,31,37)/t15-,16+,30+/m1/s1. The lowest BCUT2D eigenvalue weighted by atomic mass is 9.59. The molecule has 1 amide bonds. The molecule has 3 atom stereocenters. The molecule has 2 aromatic rings. The fourth-order valence-corrected chi connectivity index (χ4v) is 6.44. The summed E-state index contributed by atoms with van der Waals surface area (Å²) in [5.41, 5.74) is 4.89. The smallest absolute Gasteiger partial charge is 0.255 e. The average molecular weight is 534 g/mol. The molecule has 6 N–H and O–H groups in total. The Bertz CT molecular complexity index is 1500. The number of phenols is 1. The number of ketones is 2. The monoisotopic (exact) mass is 533 g/mol. The summed E-state index contributed by atoms with van der Waals surface area (Å²) < 4.78 is 5.64. The second-order valence-electron chi connectivity index (χ2n) is 11.0. The van der Waals surface area contributed by atoms with Gasteiger partial charge in [0.1, 0.15) is 28.6 Å². The summed E-state index contributed by atoms with van der Waals surface area (Å²) in [7, 11) is 1.56. The maximum absolute atomic E-state index is 13.7. The number of methoxy groups -OCH3 is 1. The van der Waals surface area contributed by atoms with Crippen LogP contribution in [0.25, 0.3) is 16.9 Å². The number of ether oxygens (including phenoxy) is 1. The second-order valence-corrected chi connectivity index (χ2v) is 11.0. The van der Waals surface area contributed by atoms with E-state index in [0.717, 1.165) is 17.5 Å². The fourth-order valence-electron chi connectivity index (χ4n) is 6.44. The molecule has 204 valence electrons. The number of aliphatic hydroxyl groups excluding tert-OH is 2. The number of carbonyl (C=O) groups is 3. The van der Waals surface area contributed by atoms with E-state index in [9.17, 15) is 34.8 Å². The third-order valence-electron chi connectivity index (χ3n) is 8.15. The molecule has 0 aromatic heterocycles. The minimum absolute atomic E-state index is 0.0518. The molecule has 3 aliphatic rings. The molecule has 3 aliphatic carbocycles. The van der Waals surface area contributed by atoms with Gasteiger partial charge in [-0.3, -0.25) is 14.4 Å². The zero-order chi connectivity index (χ0) is 28.4. The van der Waals surface area contributed by atoms with Crippen molar-refractivity contribution in [2.24, 2.45) is 23.5 Å². The van der Waals surface area contributed by atoms with E-state index in [2.05, 4.69) is 13.8 Å². The Morgan fingerprint density at radius 3 is 2.46 bits per heavy atom. The Balaban J connectivity index is 1.70. The van der Waals surface area contributed by atoms with Gasteiger partial charge in [0.05, 0.1) is 12.7 Å². The van der Waals surface area contributed by atoms with E-state index in [1.54, 1.807) is 13.2 Å². The van der Waals surface area contributed by atoms with Crippen LogP contribution in [0.4, 0.5) is 0 Å². The number of nitrogens with two attached hydrogens (primary N) is 1. The summed E-state index contributed by atoms with van der Waals surface area (Å²) in [6, 6.07) is 9.04. The van der Waals surface area contributed by atoms with Gasteiger partial charge in [-0.25, -0.2) is 0 Å². The van der Waals surface area contributed by atoms with Gasteiger partial charge in [-0.15, -0.1) is 0 Å². The minimum atomic E-state index is -2.59. The largest absolute Gasteiger partial charge is 0.508 e. The molecule has 0 radical (unpaired) electrons. The number of Topliss-reactive ketones (excluding diaryl/α,β-unsaturated/α-hetero) is 2. The number of hydrogen-bond acceptors (Lipinski definition) is 8. The highest BCUT2D eigenvalue weighted by Crippen LogP contribution is 2.53. The maximum Gasteiger partial charge on any atom is 0.255 e. The van der Waals surface area contributed by atoms with Crippen molar-refractivity contribution in [3.05, 3.63) is 63.9 Å². The normalized spacial score (nSPS) is 24.4. The van der Waals surface area contributed by atoms with Crippen molar-refractivity contribution in [2.45, 2.75) is 45.1 Å². The zero-order valence-electron chi connectivity index (χ0n) is 21.9. The number of hydrogen-bond donors (Lipinski definition) is 5. The summed E-state index contributed by atoms with van der Waals surface area (Å²) in [4.78, 5) is 38.1. The molecular formula is C30H31NO8. The number of amides is 1. The van der Waals surface area contributed by atoms with Crippen molar-refractivity contribution in [1.29, 1.82) is 0 Å². The van der Waals surface area contributed by atoms with E-state index >= 15 is 0 Å². The van der Waals surface area contributed by atoms with Crippen LogP contribution in [0.15, 0.2) is 47.2 Å². The van der Waals surface area contributed by atoms with Crippen LogP contribution in [-0.4, -0.2) is 50.6 Å². The molecule has 9 nitrogen and oxygen atoms in total. The van der Waals surface area contributed by atoms with Gasteiger partial charge in [-0.1, -0.05) is 26.0 Å². The molecule has 9 heteroatoms. The van der Waals surface area contributed by atoms with Crippen molar-refractivity contribution in [2.75, 3.05) is 7.11 Å². The number of fused-ring (bicyclic) bond motifs is 3. The molecular weight excluding hydrogens is 502 g/mol. The number of aliphatic hydroxyl groups is 3. The predicted molar refractivity (Wildman–Crippen MR) is 142 cm³/mol. The van der Waals surface area contributed by atoms with Gasteiger partial charge in [0, 0.05) is 23.5 Å². The topological polar surface area (TPSA) is 167 Å². The molecule has 1 saturated carbocycles. The Hall–Kier alpha value is -4.11. The molecule has 0 spiro atoms. The number of primary amides is 1. The third kappa shape index (κ3) is 3.91. The third-order valence-corrected chi connectivity index (χ3v) is 8.15. The lowest BCUT2D eigenvalue weighted by molar-refractivity contribution is -0.147. The van der Waals surface area contributed by atoms with Crippen LogP contribution in [0.5, 0.6) is 11.5 Å². The lowest BCUT2D eigenvalue weighted by Gasteiger charge is -2.46. The van der Waals surface area contributed by atoms with Gasteiger partial charge in [0.15, 0.2) is 11.4 Å². The van der Waals surface area contributed by atoms with Crippen molar-refractivity contribution in [1.82, 2.24) is 0 Å². The average Bonchev–Trinajstić information content (AvgIpc) is 2.85. The van der Waals surface area contributed by atoms with E-state index in [1.807, 2.05) is 18.2 Å². The summed E-state index contributed by atoms with van der Waals surface area (Å²) in [5, 5.41) is 44.3. The van der Waals surface area contributed by atoms with Crippen molar-refractivity contribution in [3.8, 4) is 22.6 Å². The molecule has 1 fully saturated rings. The van der Waals surface area contributed by atoms with Gasteiger partial charge in [0.25, 0.3) is 5.91 Å². The molecule has 2 aromatic carbocycles. The van der Waals surface area contributed by atoms with Crippen LogP contribution >= 0.6 is 0 Å². The van der Waals surface area contributed by atoms with Crippen LogP contribution < -0.4 is 10.5 Å². The first kappa shape index (κ1) is 26.5. The summed E-state index contributed by atoms with van der Waals surface area (Å²) in [6.07, 6.45) is 0.764. The van der Waals surface area contributed by atoms with E-state index in [1.165, 1.54) is 6.07 Å². The van der Waals surface area contributed by atoms with E-state index in [-0.39, 0.29) is 36.1 Å². The molecule has 0 heterocycles. The highest BCUT2D eigenvalue weighted by molar-refractivity contribution is 6.22. The zero-order valence-corrected chi connectivity index (χ0v) is 21.9. The first-order valence-corrected chi connectivity index (χ1v) is 12.9. The second kappa shape index (κ2) is 9.27. The van der Waals surface area contributed by atoms with Crippen LogP contribution in [0.3, 0.4) is 0 Å². The van der Waals surface area contributed by atoms with Crippen LogP contribution in [0.1, 0.15) is 43.4 Å².